The Hall–Kier alpha value is -3.72. The van der Waals surface area contributed by atoms with E-state index in [0.717, 1.165) is 28.8 Å². The number of nitrogens with one attached hydrogen (secondary N) is 1. The Kier molecular flexibility index (Phi) is 5.20. The van der Waals surface area contributed by atoms with Crippen LogP contribution in [0.1, 0.15) is 55.0 Å². The number of carbonyl (C=O) groups is 1. The number of aliphatic imine (C=N–C) groups is 1. The molecule has 1 N–H and O–H groups in total. The lowest BCUT2D eigenvalue weighted by molar-refractivity contribution is -0.115. The predicted molar refractivity (Wildman–Crippen MR) is 116 cm³/mol. The van der Waals surface area contributed by atoms with Crippen molar-refractivity contribution in [2.45, 2.75) is 39.5 Å². The number of anilines is 1. The summed E-state index contributed by atoms with van der Waals surface area (Å²) in [7, 11) is 0. The van der Waals surface area contributed by atoms with E-state index >= 15 is 0 Å². The first-order valence-electron chi connectivity index (χ1n) is 9.98. The number of amides is 1. The van der Waals surface area contributed by atoms with Crippen LogP contribution in [-0.2, 0) is 4.79 Å². The molecule has 2 aromatic carbocycles. The highest BCUT2D eigenvalue weighted by atomic mass is 16.5. The fourth-order valence-corrected chi connectivity index (χ4v) is 3.57. The molecule has 4 rings (SSSR count). The Labute approximate surface area is 175 Å². The zero-order chi connectivity index (χ0) is 21.3. The molecule has 0 fully saturated rings. The molecule has 1 unspecified atom stereocenters. The van der Waals surface area contributed by atoms with Gasteiger partial charge in [-0.15, -0.1) is 0 Å². The van der Waals surface area contributed by atoms with Crippen molar-refractivity contribution in [2.75, 3.05) is 5.32 Å². The molecule has 1 aromatic heterocycles. The van der Waals surface area contributed by atoms with Gasteiger partial charge >= 0.3 is 0 Å². The number of rotatable bonds is 4. The first kappa shape index (κ1) is 19.6. The standard InChI is InChI=1S/C24H22N4O2/c1-4-14(2)19-11-22-21(10-18(19)13-25)27-24(29)12-20(26-22)16-6-5-7-17(9-16)23-8-15(3)28-30-23/h5-11,14H,4,12H2,1-3H3,(H,27,29). The first-order chi connectivity index (χ1) is 14.5. The van der Waals surface area contributed by atoms with E-state index in [-0.39, 0.29) is 18.2 Å². The monoisotopic (exact) mass is 398 g/mol. The van der Waals surface area contributed by atoms with Crippen molar-refractivity contribution in [1.29, 1.82) is 5.26 Å². The van der Waals surface area contributed by atoms with Crippen LogP contribution in [0.15, 0.2) is 52.0 Å². The summed E-state index contributed by atoms with van der Waals surface area (Å²) < 4.78 is 5.37. The van der Waals surface area contributed by atoms with E-state index in [1.165, 1.54) is 0 Å². The number of benzene rings is 2. The summed E-state index contributed by atoms with van der Waals surface area (Å²) in [5, 5.41) is 16.4. The normalized spacial score (nSPS) is 14.2. The highest BCUT2D eigenvalue weighted by Gasteiger charge is 2.21. The highest BCUT2D eigenvalue weighted by molar-refractivity contribution is 6.17. The van der Waals surface area contributed by atoms with E-state index in [2.05, 4.69) is 30.4 Å². The minimum atomic E-state index is -0.159. The maximum Gasteiger partial charge on any atom is 0.230 e. The van der Waals surface area contributed by atoms with Gasteiger partial charge in [0.15, 0.2) is 5.76 Å². The zero-order valence-electron chi connectivity index (χ0n) is 17.2. The molecule has 3 aromatic rings. The van der Waals surface area contributed by atoms with E-state index in [9.17, 15) is 10.1 Å². The van der Waals surface area contributed by atoms with E-state index in [1.807, 2.05) is 43.3 Å². The fraction of sp³-hybridized carbons (Fsp3) is 0.250. The molecular weight excluding hydrogens is 376 g/mol. The number of aromatic nitrogens is 1. The smallest absolute Gasteiger partial charge is 0.230 e. The number of carbonyl (C=O) groups excluding carboxylic acids is 1. The van der Waals surface area contributed by atoms with Gasteiger partial charge in [-0.25, -0.2) is 0 Å². The average Bonchev–Trinajstić information content (AvgIpc) is 3.12. The maximum atomic E-state index is 12.6. The molecule has 0 saturated carbocycles. The van der Waals surface area contributed by atoms with Crippen molar-refractivity contribution in [1.82, 2.24) is 5.16 Å². The number of fused-ring (bicyclic) bond motifs is 1. The first-order valence-corrected chi connectivity index (χ1v) is 9.98. The molecule has 1 amide bonds. The number of hydrogen-bond donors (Lipinski definition) is 1. The van der Waals surface area contributed by atoms with Crippen LogP contribution in [0, 0.1) is 18.3 Å². The van der Waals surface area contributed by atoms with Crippen LogP contribution in [0.2, 0.25) is 0 Å². The predicted octanol–water partition coefficient (Wildman–Crippen LogP) is 5.50. The maximum absolute atomic E-state index is 12.6. The second-order valence-corrected chi connectivity index (χ2v) is 7.57. The number of nitrogens with zero attached hydrogens (tertiary/aromatic N) is 3. The average molecular weight is 398 g/mol. The largest absolute Gasteiger partial charge is 0.356 e. The lowest BCUT2D eigenvalue weighted by atomic mass is 9.93. The summed E-state index contributed by atoms with van der Waals surface area (Å²) in [5.41, 5.74) is 5.96. The number of nitriles is 1. The van der Waals surface area contributed by atoms with Gasteiger partial charge in [0, 0.05) is 11.6 Å². The molecule has 0 saturated heterocycles. The summed E-state index contributed by atoms with van der Waals surface area (Å²) in [6, 6.07) is 15.5. The van der Waals surface area contributed by atoms with Crippen molar-refractivity contribution in [2.24, 2.45) is 4.99 Å². The quantitative estimate of drug-likeness (QED) is 0.628. The van der Waals surface area contributed by atoms with Gasteiger partial charge in [0.1, 0.15) is 0 Å². The van der Waals surface area contributed by atoms with Crippen molar-refractivity contribution < 1.29 is 9.32 Å². The van der Waals surface area contributed by atoms with Gasteiger partial charge in [-0.3, -0.25) is 9.79 Å². The minimum Gasteiger partial charge on any atom is -0.356 e. The number of hydrogen-bond acceptors (Lipinski definition) is 5. The van der Waals surface area contributed by atoms with Crippen molar-refractivity contribution in [3.63, 3.8) is 0 Å². The summed E-state index contributed by atoms with van der Waals surface area (Å²) in [6.45, 7) is 6.05. The molecule has 30 heavy (non-hydrogen) atoms. The Morgan fingerprint density at radius 1 is 1.23 bits per heavy atom. The molecule has 6 heteroatoms. The summed E-state index contributed by atoms with van der Waals surface area (Å²) in [4.78, 5) is 17.4. The van der Waals surface area contributed by atoms with Gasteiger partial charge in [-0.05, 0) is 48.6 Å². The highest BCUT2D eigenvalue weighted by Crippen LogP contribution is 2.36. The Morgan fingerprint density at radius 3 is 2.73 bits per heavy atom. The topological polar surface area (TPSA) is 91.3 Å². The van der Waals surface area contributed by atoms with Crippen LogP contribution < -0.4 is 5.32 Å². The van der Waals surface area contributed by atoms with Crippen LogP contribution in [0.3, 0.4) is 0 Å². The van der Waals surface area contributed by atoms with Gasteiger partial charge in [0.25, 0.3) is 0 Å². The molecule has 2 heterocycles. The van der Waals surface area contributed by atoms with Crippen molar-refractivity contribution >= 4 is 23.0 Å². The molecule has 1 atom stereocenters. The van der Waals surface area contributed by atoms with Crippen LogP contribution >= 0.6 is 0 Å². The molecular formula is C24H22N4O2. The molecule has 150 valence electrons. The molecule has 1 aliphatic rings. The van der Waals surface area contributed by atoms with Gasteiger partial charge < -0.3 is 9.84 Å². The Bertz CT molecular complexity index is 1200. The van der Waals surface area contributed by atoms with E-state index in [1.54, 1.807) is 6.07 Å². The Morgan fingerprint density at radius 2 is 2.03 bits per heavy atom. The van der Waals surface area contributed by atoms with E-state index < -0.39 is 0 Å². The third kappa shape index (κ3) is 3.74. The van der Waals surface area contributed by atoms with Crippen LogP contribution in [0.4, 0.5) is 11.4 Å². The van der Waals surface area contributed by atoms with Crippen molar-refractivity contribution in [3.05, 3.63) is 64.8 Å². The molecule has 0 bridgehead atoms. The lowest BCUT2D eigenvalue weighted by Crippen LogP contribution is -2.15. The van der Waals surface area contributed by atoms with Crippen LogP contribution in [-0.4, -0.2) is 16.8 Å². The van der Waals surface area contributed by atoms with Gasteiger partial charge in [-0.1, -0.05) is 37.2 Å². The molecule has 1 aliphatic heterocycles. The van der Waals surface area contributed by atoms with Crippen molar-refractivity contribution in [3.8, 4) is 17.4 Å². The Balaban J connectivity index is 1.82. The van der Waals surface area contributed by atoms with Gasteiger partial charge in [-0.2, -0.15) is 5.26 Å². The fourth-order valence-electron chi connectivity index (χ4n) is 3.57. The number of aryl methyl sites for hydroxylation is 1. The van der Waals surface area contributed by atoms with Gasteiger partial charge in [0.05, 0.1) is 40.8 Å². The summed E-state index contributed by atoms with van der Waals surface area (Å²) in [6.07, 6.45) is 1.06. The molecule has 6 nitrogen and oxygen atoms in total. The zero-order valence-corrected chi connectivity index (χ0v) is 17.2. The summed E-state index contributed by atoms with van der Waals surface area (Å²) in [5.74, 6) is 0.736. The molecule has 0 radical (unpaired) electrons. The molecule has 0 aliphatic carbocycles. The van der Waals surface area contributed by atoms with Crippen LogP contribution in [0.25, 0.3) is 11.3 Å². The van der Waals surface area contributed by atoms with Crippen LogP contribution in [0.5, 0.6) is 0 Å². The SMILES string of the molecule is CCC(C)c1cc2c(cc1C#N)NC(=O)CC(c1cccc(-c3cc(C)no3)c1)=N2. The lowest BCUT2D eigenvalue weighted by Gasteiger charge is -2.14. The summed E-state index contributed by atoms with van der Waals surface area (Å²) >= 11 is 0. The van der Waals surface area contributed by atoms with E-state index in [0.29, 0.717) is 28.4 Å². The second-order valence-electron chi connectivity index (χ2n) is 7.57. The van der Waals surface area contributed by atoms with Gasteiger partial charge in [0.2, 0.25) is 5.91 Å². The minimum absolute atomic E-state index is 0.147. The third-order valence-corrected chi connectivity index (χ3v) is 5.40. The third-order valence-electron chi connectivity index (χ3n) is 5.40. The second kappa shape index (κ2) is 7.96. The van der Waals surface area contributed by atoms with E-state index in [4.69, 9.17) is 9.52 Å². The molecule has 0 spiro atoms.